The molecule has 0 aliphatic carbocycles. The molecule has 0 atom stereocenters. The van der Waals surface area contributed by atoms with Gasteiger partial charge in [-0.15, -0.1) is 0 Å². The van der Waals surface area contributed by atoms with Gasteiger partial charge >= 0.3 is 0 Å². The van der Waals surface area contributed by atoms with Crippen molar-refractivity contribution < 1.29 is 4.92 Å². The molecule has 0 radical (unpaired) electrons. The van der Waals surface area contributed by atoms with Crippen LogP contribution in [0.1, 0.15) is 39.5 Å². The Balaban J connectivity index is 3.02. The highest BCUT2D eigenvalue weighted by Gasteiger charge is 2.13. The molecule has 0 fully saturated rings. The fraction of sp³-hybridized carbons (Fsp3) is 0.600. The number of nitrogens with one attached hydrogen (secondary N) is 1. The first-order chi connectivity index (χ1) is 9.62. The van der Waals surface area contributed by atoms with Crippen LogP contribution >= 0.6 is 0 Å². The summed E-state index contributed by atoms with van der Waals surface area (Å²) in [5.41, 5.74) is 1.86. The van der Waals surface area contributed by atoms with Crippen molar-refractivity contribution >= 4 is 17.1 Å². The van der Waals surface area contributed by atoms with E-state index < -0.39 is 0 Å². The number of anilines is 2. The van der Waals surface area contributed by atoms with Crippen molar-refractivity contribution in [2.24, 2.45) is 0 Å². The lowest BCUT2D eigenvalue weighted by Gasteiger charge is -2.25. The predicted octanol–water partition coefficient (Wildman–Crippen LogP) is 4.04. The Morgan fingerprint density at radius 2 is 1.75 bits per heavy atom. The Hall–Kier alpha value is -1.78. The van der Waals surface area contributed by atoms with Gasteiger partial charge in [0.1, 0.15) is 0 Å². The monoisotopic (exact) mass is 279 g/mol. The fourth-order valence-corrected chi connectivity index (χ4v) is 2.10. The minimum absolute atomic E-state index is 0.143. The summed E-state index contributed by atoms with van der Waals surface area (Å²) in [6.45, 7) is 6.20. The molecule has 0 aromatic heterocycles. The van der Waals surface area contributed by atoms with Crippen molar-refractivity contribution in [2.45, 2.75) is 39.5 Å². The van der Waals surface area contributed by atoms with Crippen molar-refractivity contribution in [3.63, 3.8) is 0 Å². The zero-order valence-electron chi connectivity index (χ0n) is 12.7. The first kappa shape index (κ1) is 16.3. The van der Waals surface area contributed by atoms with Crippen LogP contribution in [0.5, 0.6) is 0 Å². The van der Waals surface area contributed by atoms with Crippen LogP contribution in [0.25, 0.3) is 0 Å². The maximum absolute atomic E-state index is 11.0. The molecule has 5 heteroatoms. The van der Waals surface area contributed by atoms with E-state index in [1.807, 2.05) is 6.07 Å². The molecule has 1 aromatic carbocycles. The van der Waals surface area contributed by atoms with Gasteiger partial charge in [-0.25, -0.2) is 0 Å². The molecule has 1 N–H and O–H groups in total. The third-order valence-electron chi connectivity index (χ3n) is 3.33. The molecule has 0 saturated heterocycles. The van der Waals surface area contributed by atoms with Crippen LogP contribution in [0.2, 0.25) is 0 Å². The zero-order chi connectivity index (χ0) is 15.0. The van der Waals surface area contributed by atoms with Crippen LogP contribution in [0.4, 0.5) is 17.1 Å². The average Bonchev–Trinajstić information content (AvgIpc) is 2.46. The molecule has 0 aliphatic rings. The summed E-state index contributed by atoms with van der Waals surface area (Å²) >= 11 is 0. The van der Waals surface area contributed by atoms with Gasteiger partial charge in [-0.1, -0.05) is 26.7 Å². The van der Waals surface area contributed by atoms with E-state index in [-0.39, 0.29) is 10.6 Å². The van der Waals surface area contributed by atoms with E-state index >= 15 is 0 Å². The number of nitro benzene ring substituents is 1. The van der Waals surface area contributed by atoms with Gasteiger partial charge in [0.05, 0.1) is 4.92 Å². The molecule has 112 valence electrons. The maximum atomic E-state index is 11.0. The van der Waals surface area contributed by atoms with Gasteiger partial charge in [-0.3, -0.25) is 10.1 Å². The first-order valence-electron chi connectivity index (χ1n) is 7.34. The second-order valence-corrected chi connectivity index (χ2v) is 4.94. The Bertz CT molecular complexity index is 427. The number of nitro groups is 1. The molecule has 1 rings (SSSR count). The Labute approximate surface area is 121 Å². The lowest BCUT2D eigenvalue weighted by molar-refractivity contribution is -0.384. The van der Waals surface area contributed by atoms with Crippen molar-refractivity contribution in [3.8, 4) is 0 Å². The normalized spacial score (nSPS) is 10.3. The second-order valence-electron chi connectivity index (χ2n) is 4.94. The fourth-order valence-electron chi connectivity index (χ4n) is 2.10. The van der Waals surface area contributed by atoms with Gasteiger partial charge in [-0.2, -0.15) is 0 Å². The minimum Gasteiger partial charge on any atom is -0.388 e. The molecular formula is C15H25N3O2. The van der Waals surface area contributed by atoms with E-state index in [9.17, 15) is 10.1 Å². The van der Waals surface area contributed by atoms with E-state index in [0.717, 1.165) is 50.1 Å². The topological polar surface area (TPSA) is 58.4 Å². The van der Waals surface area contributed by atoms with Crippen molar-refractivity contribution in [1.82, 2.24) is 0 Å². The summed E-state index contributed by atoms with van der Waals surface area (Å²) in [5.74, 6) is 0. The van der Waals surface area contributed by atoms with Gasteiger partial charge in [0.15, 0.2) is 0 Å². The summed E-state index contributed by atoms with van der Waals surface area (Å²) in [6.07, 6.45) is 4.44. The summed E-state index contributed by atoms with van der Waals surface area (Å²) < 4.78 is 0. The number of hydrogen-bond donors (Lipinski definition) is 1. The summed E-state index contributed by atoms with van der Waals surface area (Å²) in [5, 5.41) is 14.0. The Morgan fingerprint density at radius 3 is 2.20 bits per heavy atom. The zero-order valence-corrected chi connectivity index (χ0v) is 12.7. The smallest absolute Gasteiger partial charge is 0.273 e. The molecule has 20 heavy (non-hydrogen) atoms. The SMILES string of the molecule is CCCCN(CCCC)c1cc(NC)cc([N+](=O)[O-])c1. The molecule has 0 heterocycles. The molecule has 5 nitrogen and oxygen atoms in total. The van der Waals surface area contributed by atoms with E-state index in [2.05, 4.69) is 24.1 Å². The van der Waals surface area contributed by atoms with E-state index in [0.29, 0.717) is 0 Å². The van der Waals surface area contributed by atoms with Gasteiger partial charge in [-0.05, 0) is 18.9 Å². The van der Waals surface area contributed by atoms with Crippen molar-refractivity contribution in [2.75, 3.05) is 30.4 Å². The maximum Gasteiger partial charge on any atom is 0.273 e. The number of unbranched alkanes of at least 4 members (excludes halogenated alkanes) is 2. The van der Waals surface area contributed by atoms with Crippen LogP contribution < -0.4 is 10.2 Å². The second kappa shape index (κ2) is 8.40. The summed E-state index contributed by atoms with van der Waals surface area (Å²) in [6, 6.07) is 5.23. The van der Waals surface area contributed by atoms with Crippen LogP contribution in [-0.4, -0.2) is 25.1 Å². The standard InChI is InChI=1S/C15H25N3O2/c1-4-6-8-17(9-7-5-2)14-10-13(16-3)11-15(12-14)18(19)20/h10-12,16H,4-9H2,1-3H3. The summed E-state index contributed by atoms with van der Waals surface area (Å²) in [7, 11) is 1.78. The molecular weight excluding hydrogens is 254 g/mol. The van der Waals surface area contributed by atoms with Crippen LogP contribution in [0, 0.1) is 10.1 Å². The first-order valence-corrected chi connectivity index (χ1v) is 7.34. The van der Waals surface area contributed by atoms with Gasteiger partial charge in [0.25, 0.3) is 5.69 Å². The highest BCUT2D eigenvalue weighted by Crippen LogP contribution is 2.27. The predicted molar refractivity (Wildman–Crippen MR) is 84.7 cm³/mol. The molecule has 0 aliphatic heterocycles. The molecule has 0 amide bonds. The molecule has 1 aromatic rings. The molecule has 0 saturated carbocycles. The molecule has 0 bridgehead atoms. The number of rotatable bonds is 9. The quantitative estimate of drug-likeness (QED) is 0.547. The number of nitrogens with zero attached hydrogens (tertiary/aromatic N) is 2. The van der Waals surface area contributed by atoms with Crippen LogP contribution in [0.3, 0.4) is 0 Å². The van der Waals surface area contributed by atoms with Gasteiger partial charge in [0.2, 0.25) is 0 Å². The molecule has 0 unspecified atom stereocenters. The number of benzene rings is 1. The van der Waals surface area contributed by atoms with Gasteiger partial charge in [0, 0.05) is 43.6 Å². The largest absolute Gasteiger partial charge is 0.388 e. The third-order valence-corrected chi connectivity index (χ3v) is 3.33. The van der Waals surface area contributed by atoms with Gasteiger partial charge < -0.3 is 10.2 Å². The Morgan fingerprint density at radius 1 is 1.15 bits per heavy atom. The lowest BCUT2D eigenvalue weighted by atomic mass is 10.2. The van der Waals surface area contributed by atoms with E-state index in [1.54, 1.807) is 19.2 Å². The average molecular weight is 279 g/mol. The Kier molecular flexibility index (Phi) is 6.84. The summed E-state index contributed by atoms with van der Waals surface area (Å²) in [4.78, 5) is 13.0. The highest BCUT2D eigenvalue weighted by atomic mass is 16.6. The van der Waals surface area contributed by atoms with Crippen LogP contribution in [0.15, 0.2) is 18.2 Å². The van der Waals surface area contributed by atoms with E-state index in [4.69, 9.17) is 0 Å². The third kappa shape index (κ3) is 4.72. The minimum atomic E-state index is -0.331. The lowest BCUT2D eigenvalue weighted by Crippen LogP contribution is -2.25. The number of hydrogen-bond acceptors (Lipinski definition) is 4. The number of non-ortho nitro benzene ring substituents is 1. The van der Waals surface area contributed by atoms with Crippen molar-refractivity contribution in [1.29, 1.82) is 0 Å². The molecule has 0 spiro atoms. The van der Waals surface area contributed by atoms with E-state index in [1.165, 1.54) is 0 Å². The van der Waals surface area contributed by atoms with Crippen LogP contribution in [-0.2, 0) is 0 Å². The van der Waals surface area contributed by atoms with Crippen molar-refractivity contribution in [3.05, 3.63) is 28.3 Å². The highest BCUT2D eigenvalue weighted by molar-refractivity contribution is 5.64.